The van der Waals surface area contributed by atoms with Crippen molar-refractivity contribution in [2.75, 3.05) is 5.75 Å². The molecule has 0 fully saturated rings. The van der Waals surface area contributed by atoms with Gasteiger partial charge in [0.15, 0.2) is 9.84 Å². The SMILES string of the molecule is O=C(O)c1ccc(F)c(S(=O)(=O)CCn2ccnc2)c1. The second kappa shape index (κ2) is 5.41. The first-order valence-electron chi connectivity index (χ1n) is 5.61. The molecule has 0 unspecified atom stereocenters. The van der Waals surface area contributed by atoms with E-state index in [1.165, 1.54) is 17.1 Å². The number of rotatable bonds is 5. The molecule has 20 heavy (non-hydrogen) atoms. The molecule has 1 heterocycles. The van der Waals surface area contributed by atoms with Gasteiger partial charge in [-0.25, -0.2) is 22.6 Å². The minimum absolute atomic E-state index is 0.110. The molecular weight excluding hydrogens is 287 g/mol. The molecule has 0 saturated heterocycles. The molecule has 0 aliphatic heterocycles. The van der Waals surface area contributed by atoms with E-state index < -0.39 is 26.5 Å². The lowest BCUT2D eigenvalue weighted by atomic mass is 10.2. The third-order valence-corrected chi connectivity index (χ3v) is 4.39. The molecule has 1 aromatic heterocycles. The van der Waals surface area contributed by atoms with Gasteiger partial charge in [0.25, 0.3) is 0 Å². The number of imidazole rings is 1. The molecule has 106 valence electrons. The van der Waals surface area contributed by atoms with Gasteiger partial charge in [0, 0.05) is 18.9 Å². The largest absolute Gasteiger partial charge is 0.478 e. The summed E-state index contributed by atoms with van der Waals surface area (Å²) in [5, 5.41) is 8.82. The Labute approximate surface area is 114 Å². The fourth-order valence-corrected chi connectivity index (χ4v) is 2.97. The fourth-order valence-electron chi connectivity index (χ4n) is 1.63. The maximum atomic E-state index is 13.6. The molecule has 0 amide bonds. The summed E-state index contributed by atoms with van der Waals surface area (Å²) >= 11 is 0. The van der Waals surface area contributed by atoms with Crippen LogP contribution in [0, 0.1) is 5.82 Å². The second-order valence-electron chi connectivity index (χ2n) is 4.07. The number of halogens is 1. The number of sulfone groups is 1. The van der Waals surface area contributed by atoms with Crippen molar-refractivity contribution in [3.05, 3.63) is 48.3 Å². The Bertz CT molecular complexity index is 726. The summed E-state index contributed by atoms with van der Waals surface area (Å²) in [4.78, 5) is 14.0. The second-order valence-corrected chi connectivity index (χ2v) is 6.15. The zero-order valence-electron chi connectivity index (χ0n) is 10.2. The fraction of sp³-hybridized carbons (Fsp3) is 0.167. The maximum Gasteiger partial charge on any atom is 0.335 e. The highest BCUT2D eigenvalue weighted by atomic mass is 32.2. The van der Waals surface area contributed by atoms with Crippen LogP contribution in [0.3, 0.4) is 0 Å². The Morgan fingerprint density at radius 1 is 1.40 bits per heavy atom. The van der Waals surface area contributed by atoms with Crippen molar-refractivity contribution < 1.29 is 22.7 Å². The number of aryl methyl sites for hydroxylation is 1. The molecule has 6 nitrogen and oxygen atoms in total. The summed E-state index contributed by atoms with van der Waals surface area (Å²) in [5.41, 5.74) is -0.271. The average Bonchev–Trinajstić information content (AvgIpc) is 2.89. The molecular formula is C12H11FN2O4S. The number of carboxylic acids is 1. The standard InChI is InChI=1S/C12H11FN2O4S/c13-10-2-1-9(12(16)17)7-11(10)20(18,19)6-5-15-4-3-14-8-15/h1-4,7-8H,5-6H2,(H,16,17). The highest BCUT2D eigenvalue weighted by Gasteiger charge is 2.21. The number of nitrogens with zero attached hydrogens (tertiary/aromatic N) is 2. The summed E-state index contributed by atoms with van der Waals surface area (Å²) in [6.45, 7) is 0.110. The number of hydrogen-bond acceptors (Lipinski definition) is 4. The number of aromatic carboxylic acids is 1. The van der Waals surface area contributed by atoms with E-state index in [0.29, 0.717) is 0 Å². The van der Waals surface area contributed by atoms with Gasteiger partial charge in [0.2, 0.25) is 0 Å². The van der Waals surface area contributed by atoms with Crippen LogP contribution in [0.2, 0.25) is 0 Å². The van der Waals surface area contributed by atoms with E-state index in [1.54, 1.807) is 6.20 Å². The molecule has 0 atom stereocenters. The third-order valence-electron chi connectivity index (χ3n) is 2.69. The van der Waals surface area contributed by atoms with Crippen molar-refractivity contribution in [1.82, 2.24) is 9.55 Å². The van der Waals surface area contributed by atoms with Crippen LogP contribution in [0.4, 0.5) is 4.39 Å². The van der Waals surface area contributed by atoms with E-state index >= 15 is 0 Å². The minimum Gasteiger partial charge on any atom is -0.478 e. The predicted octanol–water partition coefficient (Wildman–Crippen LogP) is 1.19. The molecule has 0 radical (unpaired) electrons. The van der Waals surface area contributed by atoms with Crippen molar-refractivity contribution in [1.29, 1.82) is 0 Å². The molecule has 2 rings (SSSR count). The average molecular weight is 298 g/mol. The molecule has 0 spiro atoms. The molecule has 0 bridgehead atoms. The third kappa shape index (κ3) is 3.02. The van der Waals surface area contributed by atoms with Gasteiger partial charge >= 0.3 is 5.97 Å². The van der Waals surface area contributed by atoms with Crippen molar-refractivity contribution in [3.63, 3.8) is 0 Å². The quantitative estimate of drug-likeness (QED) is 0.895. The summed E-state index contributed by atoms with van der Waals surface area (Å²) in [7, 11) is -3.91. The van der Waals surface area contributed by atoms with Gasteiger partial charge in [-0.05, 0) is 18.2 Å². The van der Waals surface area contributed by atoms with Crippen LogP contribution >= 0.6 is 0 Å². The van der Waals surface area contributed by atoms with Crippen LogP contribution in [-0.2, 0) is 16.4 Å². The van der Waals surface area contributed by atoms with Gasteiger partial charge in [-0.15, -0.1) is 0 Å². The van der Waals surface area contributed by atoms with E-state index in [9.17, 15) is 17.6 Å². The maximum absolute atomic E-state index is 13.6. The Hall–Kier alpha value is -2.22. The van der Waals surface area contributed by atoms with Crippen LogP contribution in [-0.4, -0.2) is 34.8 Å². The van der Waals surface area contributed by atoms with Crippen molar-refractivity contribution in [3.8, 4) is 0 Å². The van der Waals surface area contributed by atoms with Gasteiger partial charge in [0.1, 0.15) is 10.7 Å². The zero-order valence-corrected chi connectivity index (χ0v) is 11.0. The van der Waals surface area contributed by atoms with E-state index in [2.05, 4.69) is 4.98 Å². The number of carboxylic acid groups (broad SMARTS) is 1. The monoisotopic (exact) mass is 298 g/mol. The number of aromatic nitrogens is 2. The molecule has 0 aliphatic rings. The molecule has 1 aromatic carbocycles. The van der Waals surface area contributed by atoms with E-state index in [1.807, 2.05) is 0 Å². The lowest BCUT2D eigenvalue weighted by Gasteiger charge is -2.07. The Balaban J connectivity index is 2.28. The van der Waals surface area contributed by atoms with Crippen molar-refractivity contribution in [2.24, 2.45) is 0 Å². The van der Waals surface area contributed by atoms with Crippen LogP contribution in [0.1, 0.15) is 10.4 Å². The normalized spacial score (nSPS) is 11.4. The lowest BCUT2D eigenvalue weighted by Crippen LogP contribution is -2.14. The predicted molar refractivity (Wildman–Crippen MR) is 67.6 cm³/mol. The first kappa shape index (κ1) is 14.2. The summed E-state index contributed by atoms with van der Waals surface area (Å²) < 4.78 is 39.3. The van der Waals surface area contributed by atoms with Gasteiger partial charge < -0.3 is 9.67 Å². The summed E-state index contributed by atoms with van der Waals surface area (Å²) in [6.07, 6.45) is 4.53. The van der Waals surface area contributed by atoms with Crippen LogP contribution < -0.4 is 0 Å². The van der Waals surface area contributed by atoms with Gasteiger partial charge in [0.05, 0.1) is 17.6 Å². The number of carbonyl (C=O) groups is 1. The van der Waals surface area contributed by atoms with Crippen LogP contribution in [0.25, 0.3) is 0 Å². The molecule has 0 aliphatic carbocycles. The zero-order chi connectivity index (χ0) is 14.8. The van der Waals surface area contributed by atoms with Crippen LogP contribution in [0.5, 0.6) is 0 Å². The first-order valence-corrected chi connectivity index (χ1v) is 7.27. The summed E-state index contributed by atoms with van der Waals surface area (Å²) in [5.74, 6) is -2.61. The van der Waals surface area contributed by atoms with E-state index in [4.69, 9.17) is 5.11 Å². The topological polar surface area (TPSA) is 89.3 Å². The van der Waals surface area contributed by atoms with Crippen molar-refractivity contribution in [2.45, 2.75) is 11.4 Å². The first-order chi connectivity index (χ1) is 9.40. The molecule has 1 N–H and O–H groups in total. The molecule has 2 aromatic rings. The van der Waals surface area contributed by atoms with Crippen molar-refractivity contribution >= 4 is 15.8 Å². The smallest absolute Gasteiger partial charge is 0.335 e. The Morgan fingerprint density at radius 2 is 2.15 bits per heavy atom. The Kier molecular flexibility index (Phi) is 3.84. The molecule has 8 heteroatoms. The lowest BCUT2D eigenvalue weighted by molar-refractivity contribution is 0.0696. The summed E-state index contributed by atoms with van der Waals surface area (Å²) in [6, 6.07) is 2.70. The number of hydrogen-bond donors (Lipinski definition) is 1. The Morgan fingerprint density at radius 3 is 2.75 bits per heavy atom. The van der Waals surface area contributed by atoms with Gasteiger partial charge in [-0.2, -0.15) is 0 Å². The van der Waals surface area contributed by atoms with Crippen LogP contribution in [0.15, 0.2) is 41.8 Å². The number of benzene rings is 1. The highest BCUT2D eigenvalue weighted by molar-refractivity contribution is 7.91. The van der Waals surface area contributed by atoms with Gasteiger partial charge in [-0.3, -0.25) is 0 Å². The van der Waals surface area contributed by atoms with E-state index in [0.717, 1.165) is 18.2 Å². The minimum atomic E-state index is -3.91. The van der Waals surface area contributed by atoms with E-state index in [-0.39, 0.29) is 17.9 Å². The molecule has 0 saturated carbocycles. The highest BCUT2D eigenvalue weighted by Crippen LogP contribution is 2.18. The van der Waals surface area contributed by atoms with Gasteiger partial charge in [-0.1, -0.05) is 0 Å².